The summed E-state index contributed by atoms with van der Waals surface area (Å²) in [7, 11) is -4.23. The smallest absolute Gasteiger partial charge is 0.325 e. The predicted molar refractivity (Wildman–Crippen MR) is 108 cm³/mol. The van der Waals surface area contributed by atoms with E-state index in [1.807, 2.05) is 0 Å². The summed E-state index contributed by atoms with van der Waals surface area (Å²) in [6.45, 7) is 1.42. The van der Waals surface area contributed by atoms with Crippen LogP contribution < -0.4 is 10.6 Å². The average molecular weight is 463 g/mol. The molecule has 0 aliphatic heterocycles. The molecule has 0 fully saturated rings. The molecule has 0 saturated heterocycles. The Morgan fingerprint density at radius 1 is 1.03 bits per heavy atom. The van der Waals surface area contributed by atoms with Crippen molar-refractivity contribution in [1.29, 1.82) is 0 Å². The molecule has 0 aromatic heterocycles. The van der Waals surface area contributed by atoms with Crippen LogP contribution in [0.1, 0.15) is 18.9 Å². The zero-order chi connectivity index (χ0) is 22.5. The van der Waals surface area contributed by atoms with Crippen molar-refractivity contribution in [2.24, 2.45) is 0 Å². The van der Waals surface area contributed by atoms with Crippen LogP contribution in [0.2, 0.25) is 5.02 Å². The Balaban J connectivity index is 2.10. The second-order valence-corrected chi connectivity index (χ2v) is 8.95. The van der Waals surface area contributed by atoms with Crippen LogP contribution in [0.15, 0.2) is 48.5 Å². The normalized spacial score (nSPS) is 12.8. The van der Waals surface area contributed by atoms with E-state index >= 15 is 0 Å². The van der Waals surface area contributed by atoms with Crippen molar-refractivity contribution in [3.05, 3.63) is 59.1 Å². The maximum Gasteiger partial charge on any atom is 0.416 e. The molecule has 1 unspecified atom stereocenters. The molecule has 0 radical (unpaired) electrons. The van der Waals surface area contributed by atoms with Gasteiger partial charge in [-0.2, -0.15) is 13.2 Å². The highest BCUT2D eigenvalue weighted by atomic mass is 35.5. The van der Waals surface area contributed by atoms with Crippen LogP contribution in [-0.4, -0.2) is 31.2 Å². The summed E-state index contributed by atoms with van der Waals surface area (Å²) in [6, 6.07) is 9.78. The molecule has 1 atom stereocenters. The first-order chi connectivity index (χ1) is 13.9. The van der Waals surface area contributed by atoms with Crippen LogP contribution in [-0.2, 0) is 25.6 Å². The summed E-state index contributed by atoms with van der Waals surface area (Å²) in [4.78, 5) is 24.5. The SMILES string of the molecule is CCC(C(=O)Nc1cccc(C(F)(F)F)c1)S(=O)(=O)CC(=O)Nc1ccc(Cl)cc1. The number of alkyl halides is 3. The van der Waals surface area contributed by atoms with Gasteiger partial charge in [-0.1, -0.05) is 24.6 Å². The fourth-order valence-electron chi connectivity index (χ4n) is 2.61. The van der Waals surface area contributed by atoms with E-state index in [1.165, 1.54) is 37.3 Å². The van der Waals surface area contributed by atoms with Crippen LogP contribution >= 0.6 is 11.6 Å². The third kappa shape index (κ3) is 6.46. The third-order valence-electron chi connectivity index (χ3n) is 4.01. The van der Waals surface area contributed by atoms with Crippen molar-refractivity contribution in [2.75, 3.05) is 16.4 Å². The molecule has 0 bridgehead atoms. The molecular formula is C19H18ClF3N2O4S. The van der Waals surface area contributed by atoms with Crippen molar-refractivity contribution in [3.63, 3.8) is 0 Å². The zero-order valence-electron chi connectivity index (χ0n) is 15.7. The van der Waals surface area contributed by atoms with Gasteiger partial charge in [0.2, 0.25) is 11.8 Å². The van der Waals surface area contributed by atoms with Crippen molar-refractivity contribution in [2.45, 2.75) is 24.8 Å². The molecular weight excluding hydrogens is 445 g/mol. The first-order valence-corrected chi connectivity index (χ1v) is 10.8. The number of hydrogen-bond donors (Lipinski definition) is 2. The molecule has 0 saturated carbocycles. The van der Waals surface area contributed by atoms with Gasteiger partial charge in [0.1, 0.15) is 11.0 Å². The molecule has 30 heavy (non-hydrogen) atoms. The highest BCUT2D eigenvalue weighted by Gasteiger charge is 2.34. The van der Waals surface area contributed by atoms with Gasteiger partial charge in [-0.3, -0.25) is 9.59 Å². The van der Waals surface area contributed by atoms with Gasteiger partial charge in [0.05, 0.1) is 5.56 Å². The predicted octanol–water partition coefficient (Wildman–Crippen LogP) is 4.13. The quantitative estimate of drug-likeness (QED) is 0.647. The summed E-state index contributed by atoms with van der Waals surface area (Å²) in [5.74, 6) is -2.84. The van der Waals surface area contributed by atoms with E-state index in [2.05, 4.69) is 10.6 Å². The number of amides is 2. The fraction of sp³-hybridized carbons (Fsp3) is 0.263. The van der Waals surface area contributed by atoms with Gasteiger partial charge in [-0.05, 0) is 48.9 Å². The minimum Gasteiger partial charge on any atom is -0.325 e. The molecule has 2 aromatic rings. The van der Waals surface area contributed by atoms with Gasteiger partial charge in [-0.25, -0.2) is 8.42 Å². The van der Waals surface area contributed by atoms with E-state index in [1.54, 1.807) is 0 Å². The third-order valence-corrected chi connectivity index (χ3v) is 6.35. The molecule has 0 aliphatic rings. The van der Waals surface area contributed by atoms with E-state index in [4.69, 9.17) is 11.6 Å². The number of carbonyl (C=O) groups is 2. The Bertz CT molecular complexity index is 1020. The summed E-state index contributed by atoms with van der Waals surface area (Å²) in [5.41, 5.74) is -0.867. The van der Waals surface area contributed by atoms with Gasteiger partial charge in [0.15, 0.2) is 9.84 Å². The van der Waals surface area contributed by atoms with Gasteiger partial charge < -0.3 is 10.6 Å². The Morgan fingerprint density at radius 3 is 2.23 bits per heavy atom. The van der Waals surface area contributed by atoms with Gasteiger partial charge in [0, 0.05) is 16.4 Å². The molecule has 2 amide bonds. The number of rotatable bonds is 7. The van der Waals surface area contributed by atoms with Crippen LogP contribution in [0.25, 0.3) is 0 Å². The van der Waals surface area contributed by atoms with Gasteiger partial charge in [-0.15, -0.1) is 0 Å². The molecule has 2 rings (SSSR count). The standard InChI is InChI=1S/C19H18ClF3N2O4S/c1-2-16(18(27)25-15-5-3-4-12(10-15)19(21,22)23)30(28,29)11-17(26)24-14-8-6-13(20)7-9-14/h3-10,16H,2,11H2,1H3,(H,24,26)(H,25,27). The maximum atomic E-state index is 12.8. The van der Waals surface area contributed by atoms with Crippen LogP contribution in [0.3, 0.4) is 0 Å². The largest absolute Gasteiger partial charge is 0.416 e. The van der Waals surface area contributed by atoms with E-state index in [0.29, 0.717) is 16.8 Å². The lowest BCUT2D eigenvalue weighted by Crippen LogP contribution is -2.39. The van der Waals surface area contributed by atoms with Gasteiger partial charge in [0.25, 0.3) is 0 Å². The van der Waals surface area contributed by atoms with Crippen LogP contribution in [0.4, 0.5) is 24.5 Å². The Kier molecular flexibility index (Phi) is 7.49. The molecule has 162 valence electrons. The van der Waals surface area contributed by atoms with E-state index in [-0.39, 0.29) is 12.1 Å². The second kappa shape index (κ2) is 9.48. The first-order valence-electron chi connectivity index (χ1n) is 8.67. The summed E-state index contributed by atoms with van der Waals surface area (Å²) < 4.78 is 63.5. The lowest BCUT2D eigenvalue weighted by Gasteiger charge is -2.16. The summed E-state index contributed by atoms with van der Waals surface area (Å²) >= 11 is 5.74. The van der Waals surface area contributed by atoms with Crippen molar-refractivity contribution < 1.29 is 31.2 Å². The number of nitrogens with one attached hydrogen (secondary N) is 2. The Hall–Kier alpha value is -2.59. The lowest BCUT2D eigenvalue weighted by molar-refractivity contribution is -0.137. The topological polar surface area (TPSA) is 92.3 Å². The molecule has 2 N–H and O–H groups in total. The fourth-order valence-corrected chi connectivity index (χ4v) is 4.27. The number of halogens is 4. The zero-order valence-corrected chi connectivity index (χ0v) is 17.2. The number of sulfone groups is 1. The monoisotopic (exact) mass is 462 g/mol. The summed E-state index contributed by atoms with van der Waals surface area (Å²) in [6.07, 6.45) is -4.78. The number of benzene rings is 2. The average Bonchev–Trinajstić information content (AvgIpc) is 2.63. The van der Waals surface area contributed by atoms with Crippen LogP contribution in [0.5, 0.6) is 0 Å². The molecule has 2 aromatic carbocycles. The second-order valence-electron chi connectivity index (χ2n) is 6.33. The molecule has 11 heteroatoms. The van der Waals surface area contributed by atoms with Gasteiger partial charge >= 0.3 is 6.18 Å². The molecule has 0 heterocycles. The summed E-state index contributed by atoms with van der Waals surface area (Å²) in [5, 5.41) is 3.38. The van der Waals surface area contributed by atoms with E-state index in [0.717, 1.165) is 12.1 Å². The minimum absolute atomic E-state index is 0.165. The van der Waals surface area contributed by atoms with Crippen molar-refractivity contribution in [3.8, 4) is 0 Å². The van der Waals surface area contributed by atoms with E-state index < -0.39 is 44.4 Å². The molecule has 6 nitrogen and oxygen atoms in total. The first kappa shape index (κ1) is 23.7. The van der Waals surface area contributed by atoms with Crippen molar-refractivity contribution in [1.82, 2.24) is 0 Å². The van der Waals surface area contributed by atoms with E-state index in [9.17, 15) is 31.2 Å². The number of hydrogen-bond acceptors (Lipinski definition) is 4. The molecule has 0 spiro atoms. The highest BCUT2D eigenvalue weighted by Crippen LogP contribution is 2.30. The lowest BCUT2D eigenvalue weighted by atomic mass is 10.2. The molecule has 0 aliphatic carbocycles. The Morgan fingerprint density at radius 2 is 1.67 bits per heavy atom. The minimum atomic E-state index is -4.61. The number of anilines is 2. The van der Waals surface area contributed by atoms with Crippen molar-refractivity contribution >= 4 is 44.6 Å². The number of carbonyl (C=O) groups excluding carboxylic acids is 2. The van der Waals surface area contributed by atoms with Crippen LogP contribution in [0, 0.1) is 0 Å². The maximum absolute atomic E-state index is 12.8. The highest BCUT2D eigenvalue weighted by molar-refractivity contribution is 7.93. The Labute approximate surface area is 176 Å².